The molecule has 0 unspecified atom stereocenters. The Morgan fingerprint density at radius 1 is 1.22 bits per heavy atom. The van der Waals surface area contributed by atoms with Crippen LogP contribution in [0, 0.1) is 6.92 Å². The molecule has 1 saturated heterocycles. The highest BCUT2D eigenvalue weighted by Crippen LogP contribution is 2.22. The molecule has 3 heterocycles. The summed E-state index contributed by atoms with van der Waals surface area (Å²) in [6.45, 7) is 4.11. The van der Waals surface area contributed by atoms with Crippen molar-refractivity contribution in [3.63, 3.8) is 0 Å². The monoisotopic (exact) mass is 243 g/mol. The summed E-state index contributed by atoms with van der Waals surface area (Å²) in [4.78, 5) is 9.00. The maximum atomic E-state index is 4.53. The smallest absolute Gasteiger partial charge is 0.112 e. The third kappa shape index (κ3) is 2.26. The van der Waals surface area contributed by atoms with E-state index in [-0.39, 0.29) is 0 Å². The van der Waals surface area contributed by atoms with Gasteiger partial charge >= 0.3 is 0 Å². The number of nitrogens with one attached hydrogen (secondary N) is 2. The second-order valence-electron chi connectivity index (χ2n) is 4.81. The third-order valence-corrected chi connectivity index (χ3v) is 3.36. The standard InChI is InChI=1S/C13H17N5/c1-9-5-11(18-17-9)13-8-15-12(7-16-13)10-3-2-4-14-6-10/h5,7-8,10,14H,2-4,6H2,1H3,(H,17,18)/t10-/m1/s1. The number of aromatic nitrogens is 4. The van der Waals surface area contributed by atoms with Crippen LogP contribution in [0.1, 0.15) is 30.1 Å². The molecule has 3 rings (SSSR count). The first kappa shape index (κ1) is 11.3. The van der Waals surface area contributed by atoms with E-state index in [1.54, 1.807) is 0 Å². The second-order valence-corrected chi connectivity index (χ2v) is 4.81. The van der Waals surface area contributed by atoms with E-state index in [1.165, 1.54) is 12.8 Å². The Balaban J connectivity index is 1.80. The summed E-state index contributed by atoms with van der Waals surface area (Å²) in [5.41, 5.74) is 3.80. The molecule has 0 bridgehead atoms. The minimum Gasteiger partial charge on any atom is -0.316 e. The lowest BCUT2D eigenvalue weighted by atomic mass is 9.96. The van der Waals surface area contributed by atoms with Crippen LogP contribution in [0.2, 0.25) is 0 Å². The summed E-state index contributed by atoms with van der Waals surface area (Å²) in [5.74, 6) is 0.501. The fourth-order valence-electron chi connectivity index (χ4n) is 2.33. The normalized spacial score (nSPS) is 19.9. The van der Waals surface area contributed by atoms with Gasteiger partial charge in [0.2, 0.25) is 0 Å². The molecule has 5 heteroatoms. The van der Waals surface area contributed by atoms with Crippen LogP contribution in [0.15, 0.2) is 18.5 Å². The molecule has 0 radical (unpaired) electrons. The van der Waals surface area contributed by atoms with Crippen molar-refractivity contribution in [1.29, 1.82) is 0 Å². The molecule has 2 aromatic heterocycles. The average molecular weight is 243 g/mol. The molecule has 5 nitrogen and oxygen atoms in total. The molecule has 0 saturated carbocycles. The number of H-pyrrole nitrogens is 1. The molecule has 0 spiro atoms. The average Bonchev–Trinajstić information content (AvgIpc) is 2.87. The van der Waals surface area contributed by atoms with Crippen molar-refractivity contribution in [2.45, 2.75) is 25.7 Å². The predicted octanol–water partition coefficient (Wildman–Crippen LogP) is 1.64. The van der Waals surface area contributed by atoms with Crippen molar-refractivity contribution in [1.82, 2.24) is 25.5 Å². The first-order chi connectivity index (χ1) is 8.83. The summed E-state index contributed by atoms with van der Waals surface area (Å²) in [5, 5.41) is 10.5. The zero-order chi connectivity index (χ0) is 12.4. The first-order valence-electron chi connectivity index (χ1n) is 6.38. The quantitative estimate of drug-likeness (QED) is 0.841. The van der Waals surface area contributed by atoms with E-state index >= 15 is 0 Å². The lowest BCUT2D eigenvalue weighted by Crippen LogP contribution is -2.28. The molecule has 1 atom stereocenters. The first-order valence-corrected chi connectivity index (χ1v) is 6.38. The largest absolute Gasteiger partial charge is 0.316 e. The van der Waals surface area contributed by atoms with Crippen molar-refractivity contribution in [3.05, 3.63) is 29.8 Å². The SMILES string of the molecule is Cc1cc(-c2cnc([C@@H]3CCCNC3)cn2)n[nH]1. The van der Waals surface area contributed by atoms with Gasteiger partial charge in [0.25, 0.3) is 0 Å². The zero-order valence-electron chi connectivity index (χ0n) is 10.5. The minimum absolute atomic E-state index is 0.501. The molecule has 0 aromatic carbocycles. The summed E-state index contributed by atoms with van der Waals surface area (Å²) < 4.78 is 0. The summed E-state index contributed by atoms with van der Waals surface area (Å²) in [6, 6.07) is 1.98. The van der Waals surface area contributed by atoms with Crippen LogP contribution >= 0.6 is 0 Å². The molecule has 1 fully saturated rings. The van der Waals surface area contributed by atoms with Gasteiger partial charge in [0.15, 0.2) is 0 Å². The van der Waals surface area contributed by atoms with Crippen molar-refractivity contribution in [3.8, 4) is 11.4 Å². The number of piperidine rings is 1. The van der Waals surface area contributed by atoms with Crippen LogP contribution < -0.4 is 5.32 Å². The van der Waals surface area contributed by atoms with Crippen molar-refractivity contribution >= 4 is 0 Å². The Bertz CT molecular complexity index is 510. The number of aryl methyl sites for hydroxylation is 1. The fourth-order valence-corrected chi connectivity index (χ4v) is 2.33. The van der Waals surface area contributed by atoms with Crippen LogP contribution in [0.4, 0.5) is 0 Å². The van der Waals surface area contributed by atoms with Gasteiger partial charge in [-0.3, -0.25) is 15.1 Å². The Labute approximate surface area is 106 Å². The van der Waals surface area contributed by atoms with Gasteiger partial charge in [0, 0.05) is 24.4 Å². The van der Waals surface area contributed by atoms with Crippen LogP contribution in [0.25, 0.3) is 11.4 Å². The Morgan fingerprint density at radius 2 is 2.17 bits per heavy atom. The molecular weight excluding hydrogens is 226 g/mol. The molecule has 1 aliphatic heterocycles. The van der Waals surface area contributed by atoms with Gasteiger partial charge in [0.1, 0.15) is 11.4 Å². The highest BCUT2D eigenvalue weighted by molar-refractivity contribution is 5.52. The van der Waals surface area contributed by atoms with Gasteiger partial charge in [-0.25, -0.2) is 0 Å². The minimum atomic E-state index is 0.501. The molecule has 2 aromatic rings. The third-order valence-electron chi connectivity index (χ3n) is 3.36. The number of nitrogens with zero attached hydrogens (tertiary/aromatic N) is 3. The van der Waals surface area contributed by atoms with E-state index in [1.807, 2.05) is 25.4 Å². The maximum absolute atomic E-state index is 4.53. The topological polar surface area (TPSA) is 66.5 Å². The van der Waals surface area contributed by atoms with Crippen LogP contribution in [0.5, 0.6) is 0 Å². The Kier molecular flexibility index (Phi) is 3.06. The van der Waals surface area contributed by atoms with Gasteiger partial charge in [-0.1, -0.05) is 0 Å². The maximum Gasteiger partial charge on any atom is 0.112 e. The van der Waals surface area contributed by atoms with E-state index in [4.69, 9.17) is 0 Å². The van der Waals surface area contributed by atoms with Crippen LogP contribution in [-0.2, 0) is 0 Å². The summed E-state index contributed by atoms with van der Waals surface area (Å²) in [6.07, 6.45) is 6.12. The highest BCUT2D eigenvalue weighted by Gasteiger charge is 2.16. The zero-order valence-corrected chi connectivity index (χ0v) is 10.5. The highest BCUT2D eigenvalue weighted by atomic mass is 15.1. The summed E-state index contributed by atoms with van der Waals surface area (Å²) in [7, 11) is 0. The Morgan fingerprint density at radius 3 is 2.78 bits per heavy atom. The van der Waals surface area contributed by atoms with Crippen molar-refractivity contribution < 1.29 is 0 Å². The Hall–Kier alpha value is -1.75. The molecular formula is C13H17N5. The lowest BCUT2D eigenvalue weighted by molar-refractivity contribution is 0.454. The molecule has 0 amide bonds. The second kappa shape index (κ2) is 4.86. The predicted molar refractivity (Wildman–Crippen MR) is 69.2 cm³/mol. The van der Waals surface area contributed by atoms with E-state index in [9.17, 15) is 0 Å². The number of hydrogen-bond donors (Lipinski definition) is 2. The number of hydrogen-bond acceptors (Lipinski definition) is 4. The van der Waals surface area contributed by atoms with Gasteiger partial charge in [-0.05, 0) is 32.4 Å². The van der Waals surface area contributed by atoms with Gasteiger partial charge in [-0.2, -0.15) is 5.10 Å². The van der Waals surface area contributed by atoms with Gasteiger partial charge < -0.3 is 5.32 Å². The van der Waals surface area contributed by atoms with Crippen molar-refractivity contribution in [2.75, 3.05) is 13.1 Å². The number of rotatable bonds is 2. The number of aromatic amines is 1. The van der Waals surface area contributed by atoms with Gasteiger partial charge in [-0.15, -0.1) is 0 Å². The van der Waals surface area contributed by atoms with Gasteiger partial charge in [0.05, 0.1) is 11.9 Å². The van der Waals surface area contributed by atoms with E-state index in [2.05, 4.69) is 25.5 Å². The molecule has 18 heavy (non-hydrogen) atoms. The van der Waals surface area contributed by atoms with Crippen LogP contribution in [0.3, 0.4) is 0 Å². The van der Waals surface area contributed by atoms with E-state index in [0.29, 0.717) is 5.92 Å². The molecule has 2 N–H and O–H groups in total. The van der Waals surface area contributed by atoms with Crippen LogP contribution in [-0.4, -0.2) is 33.3 Å². The van der Waals surface area contributed by atoms with E-state index in [0.717, 1.165) is 35.9 Å². The van der Waals surface area contributed by atoms with E-state index < -0.39 is 0 Å². The molecule has 1 aliphatic rings. The van der Waals surface area contributed by atoms with Crippen molar-refractivity contribution in [2.24, 2.45) is 0 Å². The lowest BCUT2D eigenvalue weighted by Gasteiger charge is -2.21. The molecule has 94 valence electrons. The molecule has 0 aliphatic carbocycles. The fraction of sp³-hybridized carbons (Fsp3) is 0.462. The summed E-state index contributed by atoms with van der Waals surface area (Å²) >= 11 is 0.